The zero-order valence-electron chi connectivity index (χ0n) is 18.2. The van der Waals surface area contributed by atoms with Crippen molar-refractivity contribution in [2.75, 3.05) is 51.4 Å². The van der Waals surface area contributed by atoms with Crippen LogP contribution in [0.3, 0.4) is 0 Å². The first-order chi connectivity index (χ1) is 16.0. The van der Waals surface area contributed by atoms with Crippen molar-refractivity contribution in [1.29, 1.82) is 0 Å². The topological polar surface area (TPSA) is 94.1 Å². The van der Waals surface area contributed by atoms with Crippen LogP contribution in [0.15, 0.2) is 59.5 Å². The van der Waals surface area contributed by atoms with E-state index in [9.17, 15) is 8.42 Å². The van der Waals surface area contributed by atoms with Crippen LogP contribution in [-0.4, -0.2) is 69.4 Å². The molecule has 0 bridgehead atoms. The van der Waals surface area contributed by atoms with E-state index in [1.54, 1.807) is 25.3 Å². The molecule has 3 aromatic rings. The highest BCUT2D eigenvalue weighted by molar-refractivity contribution is 7.89. The maximum absolute atomic E-state index is 13.1. The van der Waals surface area contributed by atoms with E-state index in [1.807, 2.05) is 41.3 Å². The lowest BCUT2D eigenvalue weighted by atomic mass is 10.1. The van der Waals surface area contributed by atoms with Gasteiger partial charge in [-0.25, -0.2) is 8.42 Å². The molecule has 0 aliphatic carbocycles. The second-order valence-electron chi connectivity index (χ2n) is 7.70. The molecule has 1 aromatic heterocycles. The molecule has 0 saturated carbocycles. The number of ether oxygens (including phenoxy) is 3. The van der Waals surface area contributed by atoms with Crippen LogP contribution in [-0.2, 0) is 10.0 Å². The van der Waals surface area contributed by atoms with E-state index in [4.69, 9.17) is 14.2 Å². The summed E-state index contributed by atoms with van der Waals surface area (Å²) >= 11 is 0. The smallest absolute Gasteiger partial charge is 0.243 e. The maximum atomic E-state index is 13.1. The molecule has 33 heavy (non-hydrogen) atoms. The van der Waals surface area contributed by atoms with Gasteiger partial charge in [-0.1, -0.05) is 0 Å². The van der Waals surface area contributed by atoms with Gasteiger partial charge >= 0.3 is 0 Å². The summed E-state index contributed by atoms with van der Waals surface area (Å²) in [5.74, 6) is 2.55. The Morgan fingerprint density at radius 1 is 0.848 bits per heavy atom. The molecule has 1 saturated heterocycles. The minimum Gasteiger partial charge on any atom is -0.497 e. The van der Waals surface area contributed by atoms with Gasteiger partial charge in [0.2, 0.25) is 10.0 Å². The van der Waals surface area contributed by atoms with Crippen LogP contribution in [0.4, 0.5) is 5.82 Å². The minimum absolute atomic E-state index is 0.212. The molecular formula is C23H24N4O5S. The first kappa shape index (κ1) is 21.5. The summed E-state index contributed by atoms with van der Waals surface area (Å²) in [5, 5.41) is 8.71. The van der Waals surface area contributed by atoms with Gasteiger partial charge in [0.1, 0.15) is 19.0 Å². The maximum Gasteiger partial charge on any atom is 0.243 e. The third-order valence-electron chi connectivity index (χ3n) is 5.75. The molecule has 10 heteroatoms. The van der Waals surface area contributed by atoms with E-state index in [-0.39, 0.29) is 4.90 Å². The van der Waals surface area contributed by atoms with Crippen LogP contribution in [0.25, 0.3) is 11.3 Å². The number of fused-ring (bicyclic) bond motifs is 1. The third kappa shape index (κ3) is 4.31. The Kier molecular flexibility index (Phi) is 5.77. The molecule has 0 radical (unpaired) electrons. The summed E-state index contributed by atoms with van der Waals surface area (Å²) in [7, 11) is -2.00. The van der Waals surface area contributed by atoms with Crippen molar-refractivity contribution in [1.82, 2.24) is 14.5 Å². The monoisotopic (exact) mass is 468 g/mol. The number of anilines is 1. The van der Waals surface area contributed by atoms with Gasteiger partial charge in [-0.05, 0) is 48.5 Å². The van der Waals surface area contributed by atoms with Crippen LogP contribution in [0, 0.1) is 0 Å². The average Bonchev–Trinajstić information content (AvgIpc) is 2.88. The molecule has 172 valence electrons. The molecule has 0 spiro atoms. The van der Waals surface area contributed by atoms with Gasteiger partial charge in [0.15, 0.2) is 17.3 Å². The summed E-state index contributed by atoms with van der Waals surface area (Å²) in [6.07, 6.45) is 0. The molecule has 2 aromatic carbocycles. The van der Waals surface area contributed by atoms with E-state index >= 15 is 0 Å². The number of aromatic nitrogens is 2. The highest BCUT2D eigenvalue weighted by atomic mass is 32.2. The van der Waals surface area contributed by atoms with E-state index < -0.39 is 10.0 Å². The fourth-order valence-corrected chi connectivity index (χ4v) is 5.34. The quantitative estimate of drug-likeness (QED) is 0.564. The first-order valence-corrected chi connectivity index (χ1v) is 12.1. The molecule has 2 aliphatic rings. The summed E-state index contributed by atoms with van der Waals surface area (Å²) in [6, 6.07) is 16.2. The number of sulfonamides is 1. The highest BCUT2D eigenvalue weighted by Gasteiger charge is 2.30. The van der Waals surface area contributed by atoms with E-state index in [0.717, 1.165) is 22.8 Å². The third-order valence-corrected chi connectivity index (χ3v) is 7.64. The van der Waals surface area contributed by atoms with Crippen LogP contribution in [0.5, 0.6) is 17.2 Å². The van der Waals surface area contributed by atoms with Gasteiger partial charge in [0.25, 0.3) is 0 Å². The summed E-state index contributed by atoms with van der Waals surface area (Å²) in [4.78, 5) is 2.25. The summed E-state index contributed by atoms with van der Waals surface area (Å²) in [5.41, 5.74) is 1.71. The second kappa shape index (κ2) is 8.87. The summed E-state index contributed by atoms with van der Waals surface area (Å²) in [6.45, 7) is 2.65. The fourth-order valence-electron chi connectivity index (χ4n) is 3.90. The van der Waals surface area contributed by atoms with Crippen molar-refractivity contribution in [3.8, 4) is 28.5 Å². The van der Waals surface area contributed by atoms with Gasteiger partial charge in [-0.15, -0.1) is 10.2 Å². The molecule has 0 atom stereocenters. The Bertz CT molecular complexity index is 1220. The number of hydrogen-bond acceptors (Lipinski definition) is 8. The van der Waals surface area contributed by atoms with E-state index in [1.165, 1.54) is 4.31 Å². The molecule has 0 unspecified atom stereocenters. The van der Waals surface area contributed by atoms with E-state index in [2.05, 4.69) is 10.2 Å². The Hall–Kier alpha value is -3.37. The lowest BCUT2D eigenvalue weighted by Crippen LogP contribution is -2.49. The normalized spacial score (nSPS) is 16.5. The Morgan fingerprint density at radius 2 is 1.58 bits per heavy atom. The summed E-state index contributed by atoms with van der Waals surface area (Å²) < 4.78 is 44.0. The van der Waals surface area contributed by atoms with Crippen molar-refractivity contribution < 1.29 is 22.6 Å². The predicted octanol–water partition coefficient (Wildman–Crippen LogP) is 2.43. The van der Waals surface area contributed by atoms with Crippen molar-refractivity contribution in [2.45, 2.75) is 4.90 Å². The molecule has 5 rings (SSSR count). The van der Waals surface area contributed by atoms with Crippen molar-refractivity contribution in [3.05, 3.63) is 54.6 Å². The SMILES string of the molecule is COc1ccc(-c2ccc(N3CCN(S(=O)(=O)c4ccc5c(c4)OCCO5)CC3)nn2)cc1. The van der Waals surface area contributed by atoms with Crippen LogP contribution in [0.2, 0.25) is 0 Å². The van der Waals surface area contributed by atoms with Gasteiger partial charge in [0, 0.05) is 37.8 Å². The first-order valence-electron chi connectivity index (χ1n) is 10.7. The Balaban J connectivity index is 1.25. The van der Waals surface area contributed by atoms with E-state index in [0.29, 0.717) is 50.9 Å². The predicted molar refractivity (Wildman–Crippen MR) is 122 cm³/mol. The van der Waals surface area contributed by atoms with Crippen LogP contribution in [0.1, 0.15) is 0 Å². The Labute approximate surface area is 192 Å². The van der Waals surface area contributed by atoms with Gasteiger partial charge in [-0.2, -0.15) is 4.31 Å². The number of rotatable bonds is 5. The fraction of sp³-hybridized carbons (Fsp3) is 0.304. The molecule has 3 heterocycles. The standard InChI is InChI=1S/C23H24N4O5S/c1-30-18-4-2-17(3-5-18)20-7-9-23(25-24-20)26-10-12-27(13-11-26)33(28,29)19-6-8-21-22(16-19)32-15-14-31-21/h2-9,16H,10-15H2,1H3. The van der Waals surface area contributed by atoms with Gasteiger partial charge < -0.3 is 19.1 Å². The van der Waals surface area contributed by atoms with Gasteiger partial charge in [0.05, 0.1) is 17.7 Å². The number of hydrogen-bond donors (Lipinski definition) is 0. The van der Waals surface area contributed by atoms with Crippen LogP contribution < -0.4 is 19.1 Å². The highest BCUT2D eigenvalue weighted by Crippen LogP contribution is 2.33. The van der Waals surface area contributed by atoms with Crippen molar-refractivity contribution in [2.24, 2.45) is 0 Å². The minimum atomic E-state index is -3.62. The molecule has 9 nitrogen and oxygen atoms in total. The number of nitrogens with zero attached hydrogens (tertiary/aromatic N) is 4. The number of methoxy groups -OCH3 is 1. The Morgan fingerprint density at radius 3 is 2.24 bits per heavy atom. The van der Waals surface area contributed by atoms with Crippen molar-refractivity contribution >= 4 is 15.8 Å². The lowest BCUT2D eigenvalue weighted by molar-refractivity contribution is 0.171. The molecule has 0 N–H and O–H groups in total. The molecular weight excluding hydrogens is 444 g/mol. The van der Waals surface area contributed by atoms with Crippen LogP contribution >= 0.6 is 0 Å². The van der Waals surface area contributed by atoms with Crippen molar-refractivity contribution in [3.63, 3.8) is 0 Å². The zero-order chi connectivity index (χ0) is 22.8. The molecule has 0 amide bonds. The largest absolute Gasteiger partial charge is 0.497 e. The molecule has 2 aliphatic heterocycles. The average molecular weight is 469 g/mol. The number of piperazine rings is 1. The zero-order valence-corrected chi connectivity index (χ0v) is 19.0. The molecule has 1 fully saturated rings. The lowest BCUT2D eigenvalue weighted by Gasteiger charge is -2.34. The van der Waals surface area contributed by atoms with Gasteiger partial charge in [-0.3, -0.25) is 0 Å². The second-order valence-corrected chi connectivity index (χ2v) is 9.64. The number of benzene rings is 2.